The minimum Gasteiger partial charge on any atom is -0.454 e. The van der Waals surface area contributed by atoms with Crippen molar-refractivity contribution in [1.82, 2.24) is 5.32 Å². The number of rotatable bonds is 5. The Labute approximate surface area is 132 Å². The van der Waals surface area contributed by atoms with Gasteiger partial charge >= 0.3 is 0 Å². The molecule has 1 aliphatic carbocycles. The molecule has 1 heterocycles. The Hall–Kier alpha value is -0.930. The van der Waals surface area contributed by atoms with Crippen LogP contribution in [0.15, 0.2) is 12.1 Å². The molecule has 116 valence electrons. The Morgan fingerprint density at radius 1 is 1.24 bits per heavy atom. The average molecular weight is 310 g/mol. The van der Waals surface area contributed by atoms with Crippen LogP contribution in [0.5, 0.6) is 11.5 Å². The van der Waals surface area contributed by atoms with Gasteiger partial charge in [0.1, 0.15) is 0 Å². The van der Waals surface area contributed by atoms with Gasteiger partial charge in [-0.05, 0) is 42.9 Å². The second-order valence-corrected chi connectivity index (χ2v) is 6.51. The molecule has 1 atom stereocenters. The number of benzene rings is 1. The van der Waals surface area contributed by atoms with E-state index < -0.39 is 0 Å². The summed E-state index contributed by atoms with van der Waals surface area (Å²) >= 11 is 6.24. The molecule has 1 aliphatic heterocycles. The zero-order valence-electron chi connectivity index (χ0n) is 12.7. The van der Waals surface area contributed by atoms with Crippen molar-refractivity contribution in [3.05, 3.63) is 22.7 Å². The molecule has 0 saturated heterocycles. The minimum absolute atomic E-state index is 0.269. The lowest BCUT2D eigenvalue weighted by Crippen LogP contribution is -2.36. The monoisotopic (exact) mass is 309 g/mol. The van der Waals surface area contributed by atoms with Crippen LogP contribution in [0.1, 0.15) is 51.0 Å². The van der Waals surface area contributed by atoms with Crippen LogP contribution in [-0.4, -0.2) is 12.8 Å². The lowest BCUT2D eigenvalue weighted by Gasteiger charge is -2.30. The quantitative estimate of drug-likeness (QED) is 0.867. The first kappa shape index (κ1) is 15.0. The zero-order chi connectivity index (χ0) is 14.7. The maximum absolute atomic E-state index is 6.24. The Bertz CT molecular complexity index is 486. The molecule has 1 fully saturated rings. The first-order chi connectivity index (χ1) is 10.3. The van der Waals surface area contributed by atoms with Crippen molar-refractivity contribution >= 4 is 11.6 Å². The highest BCUT2D eigenvalue weighted by atomic mass is 35.5. The van der Waals surface area contributed by atoms with E-state index in [-0.39, 0.29) is 6.79 Å². The third kappa shape index (κ3) is 3.46. The normalized spacial score (nSPS) is 19.7. The number of fused-ring (bicyclic) bond motifs is 1. The Morgan fingerprint density at radius 3 is 2.81 bits per heavy atom. The summed E-state index contributed by atoms with van der Waals surface area (Å²) in [4.78, 5) is 0. The van der Waals surface area contributed by atoms with Crippen LogP contribution >= 0.6 is 11.6 Å². The Kier molecular flexibility index (Phi) is 4.91. The minimum atomic E-state index is 0.269. The van der Waals surface area contributed by atoms with E-state index in [0.717, 1.165) is 18.2 Å². The summed E-state index contributed by atoms with van der Waals surface area (Å²) in [5.41, 5.74) is 1.17. The van der Waals surface area contributed by atoms with Gasteiger partial charge in [0, 0.05) is 12.6 Å². The van der Waals surface area contributed by atoms with Crippen LogP contribution < -0.4 is 14.8 Å². The van der Waals surface area contributed by atoms with Gasteiger partial charge in [-0.3, -0.25) is 0 Å². The molecule has 1 unspecified atom stereocenters. The van der Waals surface area contributed by atoms with Gasteiger partial charge < -0.3 is 14.8 Å². The average Bonchev–Trinajstić information content (AvgIpc) is 2.98. The van der Waals surface area contributed by atoms with E-state index in [1.54, 1.807) is 0 Å². The number of ether oxygens (including phenoxy) is 2. The third-order valence-electron chi connectivity index (χ3n) is 4.71. The van der Waals surface area contributed by atoms with E-state index >= 15 is 0 Å². The molecule has 4 heteroatoms. The number of nitrogens with one attached hydrogen (secondary N) is 1. The molecule has 3 rings (SSSR count). The van der Waals surface area contributed by atoms with Crippen molar-refractivity contribution in [1.29, 1.82) is 0 Å². The van der Waals surface area contributed by atoms with E-state index in [0.29, 0.717) is 16.8 Å². The van der Waals surface area contributed by atoms with Gasteiger partial charge in [0.15, 0.2) is 11.5 Å². The first-order valence-corrected chi connectivity index (χ1v) is 8.47. The van der Waals surface area contributed by atoms with E-state index in [2.05, 4.69) is 12.2 Å². The van der Waals surface area contributed by atoms with Crippen molar-refractivity contribution in [2.24, 2.45) is 5.92 Å². The molecular formula is C17H24ClNO2. The molecular weight excluding hydrogens is 286 g/mol. The van der Waals surface area contributed by atoms with Gasteiger partial charge in [-0.2, -0.15) is 0 Å². The summed E-state index contributed by atoms with van der Waals surface area (Å²) in [5.74, 6) is 2.28. The van der Waals surface area contributed by atoms with Crippen molar-refractivity contribution in [2.45, 2.75) is 58.0 Å². The third-order valence-corrected chi connectivity index (χ3v) is 4.99. The molecule has 0 bridgehead atoms. The molecule has 1 saturated carbocycles. The molecule has 21 heavy (non-hydrogen) atoms. The van der Waals surface area contributed by atoms with Gasteiger partial charge in [-0.25, -0.2) is 0 Å². The molecule has 1 N–H and O–H groups in total. The SMILES string of the molecule is CCC(NCc1cc(Cl)c2c(c1)OCO2)C1CCCCC1. The van der Waals surface area contributed by atoms with Gasteiger partial charge in [0.2, 0.25) is 6.79 Å². The number of hydrogen-bond acceptors (Lipinski definition) is 3. The predicted molar refractivity (Wildman–Crippen MR) is 85.1 cm³/mol. The summed E-state index contributed by atoms with van der Waals surface area (Å²) < 4.78 is 10.8. The molecule has 2 aliphatic rings. The summed E-state index contributed by atoms with van der Waals surface area (Å²) in [6.07, 6.45) is 8.10. The second-order valence-electron chi connectivity index (χ2n) is 6.11. The molecule has 0 aromatic heterocycles. The topological polar surface area (TPSA) is 30.5 Å². The molecule has 0 radical (unpaired) electrons. The number of halogens is 1. The van der Waals surface area contributed by atoms with E-state index in [9.17, 15) is 0 Å². The highest BCUT2D eigenvalue weighted by molar-refractivity contribution is 6.32. The van der Waals surface area contributed by atoms with E-state index in [4.69, 9.17) is 21.1 Å². The largest absolute Gasteiger partial charge is 0.454 e. The van der Waals surface area contributed by atoms with E-state index in [1.165, 1.54) is 44.1 Å². The maximum Gasteiger partial charge on any atom is 0.231 e. The van der Waals surface area contributed by atoms with Crippen LogP contribution in [0.3, 0.4) is 0 Å². The standard InChI is InChI=1S/C17H24ClNO2/c1-2-15(13-6-4-3-5-7-13)19-10-12-8-14(18)17-16(9-12)20-11-21-17/h8-9,13,15,19H,2-7,10-11H2,1H3. The van der Waals surface area contributed by atoms with Crippen molar-refractivity contribution in [3.63, 3.8) is 0 Å². The maximum atomic E-state index is 6.24. The second kappa shape index (κ2) is 6.89. The van der Waals surface area contributed by atoms with Gasteiger partial charge in [0.05, 0.1) is 5.02 Å². The van der Waals surface area contributed by atoms with Crippen LogP contribution in [-0.2, 0) is 6.54 Å². The molecule has 0 spiro atoms. The predicted octanol–water partition coefficient (Wildman–Crippen LogP) is 4.52. The summed E-state index contributed by atoms with van der Waals surface area (Å²) in [6, 6.07) is 4.62. The lowest BCUT2D eigenvalue weighted by atomic mass is 9.83. The highest BCUT2D eigenvalue weighted by Gasteiger charge is 2.23. The van der Waals surface area contributed by atoms with Crippen molar-refractivity contribution < 1.29 is 9.47 Å². The van der Waals surface area contributed by atoms with Crippen molar-refractivity contribution in [2.75, 3.05) is 6.79 Å². The summed E-state index contributed by atoms with van der Waals surface area (Å²) in [7, 11) is 0. The van der Waals surface area contributed by atoms with Gasteiger partial charge in [0.25, 0.3) is 0 Å². The van der Waals surface area contributed by atoms with Crippen LogP contribution in [0, 0.1) is 5.92 Å². The van der Waals surface area contributed by atoms with Gasteiger partial charge in [-0.15, -0.1) is 0 Å². The summed E-state index contributed by atoms with van der Waals surface area (Å²) in [5, 5.41) is 4.36. The first-order valence-electron chi connectivity index (χ1n) is 8.09. The fraction of sp³-hybridized carbons (Fsp3) is 0.647. The fourth-order valence-electron chi connectivity index (χ4n) is 3.55. The zero-order valence-corrected chi connectivity index (χ0v) is 13.4. The van der Waals surface area contributed by atoms with Crippen LogP contribution in [0.2, 0.25) is 5.02 Å². The van der Waals surface area contributed by atoms with Crippen LogP contribution in [0.25, 0.3) is 0 Å². The fourth-order valence-corrected chi connectivity index (χ4v) is 3.84. The number of hydrogen-bond donors (Lipinski definition) is 1. The lowest BCUT2D eigenvalue weighted by molar-refractivity contribution is 0.174. The molecule has 0 amide bonds. The van der Waals surface area contributed by atoms with Crippen molar-refractivity contribution in [3.8, 4) is 11.5 Å². The van der Waals surface area contributed by atoms with Gasteiger partial charge in [-0.1, -0.05) is 37.8 Å². The Morgan fingerprint density at radius 2 is 2.05 bits per heavy atom. The summed E-state index contributed by atoms with van der Waals surface area (Å²) in [6.45, 7) is 3.38. The smallest absolute Gasteiger partial charge is 0.231 e. The highest BCUT2D eigenvalue weighted by Crippen LogP contribution is 2.39. The van der Waals surface area contributed by atoms with E-state index in [1.807, 2.05) is 12.1 Å². The van der Waals surface area contributed by atoms with Crippen LogP contribution in [0.4, 0.5) is 0 Å². The Balaban J connectivity index is 1.62. The molecule has 1 aromatic rings. The molecule has 3 nitrogen and oxygen atoms in total. The molecule has 1 aromatic carbocycles.